The number of anilines is 1. The van der Waals surface area contributed by atoms with Gasteiger partial charge in [0, 0.05) is 13.1 Å². The molecule has 0 spiro atoms. The van der Waals surface area contributed by atoms with E-state index in [9.17, 15) is 4.79 Å². The van der Waals surface area contributed by atoms with Crippen molar-refractivity contribution in [2.75, 3.05) is 18.0 Å². The van der Waals surface area contributed by atoms with Crippen LogP contribution in [0.5, 0.6) is 0 Å². The maximum absolute atomic E-state index is 10.7. The molecule has 1 aliphatic heterocycles. The minimum Gasteiger partial charge on any atom is -0.348 e. The van der Waals surface area contributed by atoms with Gasteiger partial charge < -0.3 is 4.90 Å². The van der Waals surface area contributed by atoms with Crippen molar-refractivity contribution in [3.8, 4) is 0 Å². The van der Waals surface area contributed by atoms with E-state index < -0.39 is 0 Å². The van der Waals surface area contributed by atoms with Gasteiger partial charge in [-0.1, -0.05) is 25.2 Å². The van der Waals surface area contributed by atoms with Crippen molar-refractivity contribution in [2.24, 2.45) is 11.8 Å². The number of carbonyl (C=O) groups is 1. The fraction of sp³-hybridized carbons (Fsp3) is 0.636. The van der Waals surface area contributed by atoms with E-state index in [1.807, 2.05) is 6.92 Å². The van der Waals surface area contributed by atoms with Crippen molar-refractivity contribution < 1.29 is 4.79 Å². The molecule has 1 aliphatic rings. The highest BCUT2D eigenvalue weighted by molar-refractivity contribution is 7.17. The molecule has 2 atom stereocenters. The zero-order valence-corrected chi connectivity index (χ0v) is 10.2. The molecule has 0 bridgehead atoms. The lowest BCUT2D eigenvalue weighted by Crippen LogP contribution is -2.19. The van der Waals surface area contributed by atoms with E-state index in [1.165, 1.54) is 11.3 Å². The van der Waals surface area contributed by atoms with Crippen LogP contribution in [0.15, 0.2) is 0 Å². The summed E-state index contributed by atoms with van der Waals surface area (Å²) in [6, 6.07) is 0. The number of hydrogen-bond donors (Lipinski definition) is 0. The van der Waals surface area contributed by atoms with Crippen molar-refractivity contribution in [3.63, 3.8) is 0 Å². The predicted molar refractivity (Wildman–Crippen MR) is 62.8 cm³/mol. The average molecular weight is 224 g/mol. The molecule has 0 saturated carbocycles. The monoisotopic (exact) mass is 224 g/mol. The van der Waals surface area contributed by atoms with E-state index >= 15 is 0 Å². The molecule has 0 radical (unpaired) electrons. The highest BCUT2D eigenvalue weighted by atomic mass is 32.1. The SMILES string of the molecule is Cc1nc(N2CC(C)C(C)C2)sc1C=O. The van der Waals surface area contributed by atoms with E-state index in [1.54, 1.807) is 0 Å². The van der Waals surface area contributed by atoms with Crippen LogP contribution in [-0.2, 0) is 0 Å². The number of aryl methyl sites for hydroxylation is 1. The highest BCUT2D eigenvalue weighted by Crippen LogP contribution is 2.31. The lowest BCUT2D eigenvalue weighted by Gasteiger charge is -2.13. The molecule has 2 unspecified atom stereocenters. The molecule has 1 fully saturated rings. The minimum absolute atomic E-state index is 0.717. The van der Waals surface area contributed by atoms with Gasteiger partial charge in [-0.25, -0.2) is 4.98 Å². The molecule has 1 saturated heterocycles. The van der Waals surface area contributed by atoms with Crippen LogP contribution < -0.4 is 4.90 Å². The summed E-state index contributed by atoms with van der Waals surface area (Å²) in [6.07, 6.45) is 0.902. The lowest BCUT2D eigenvalue weighted by molar-refractivity contribution is 0.112. The Morgan fingerprint density at radius 3 is 2.47 bits per heavy atom. The molecule has 0 N–H and O–H groups in total. The maximum Gasteiger partial charge on any atom is 0.186 e. The first-order valence-corrected chi connectivity index (χ1v) is 6.11. The van der Waals surface area contributed by atoms with Crippen molar-refractivity contribution in [1.29, 1.82) is 0 Å². The molecular weight excluding hydrogens is 208 g/mol. The summed E-state index contributed by atoms with van der Waals surface area (Å²) in [5.41, 5.74) is 0.859. The van der Waals surface area contributed by atoms with E-state index in [4.69, 9.17) is 0 Å². The molecule has 4 heteroatoms. The largest absolute Gasteiger partial charge is 0.348 e. The van der Waals surface area contributed by atoms with E-state index in [-0.39, 0.29) is 0 Å². The number of hydrogen-bond acceptors (Lipinski definition) is 4. The molecule has 15 heavy (non-hydrogen) atoms. The average Bonchev–Trinajstić information content (AvgIpc) is 2.71. The maximum atomic E-state index is 10.7. The number of aromatic nitrogens is 1. The van der Waals surface area contributed by atoms with Gasteiger partial charge in [-0.15, -0.1) is 0 Å². The third-order valence-electron chi connectivity index (χ3n) is 3.19. The third-order valence-corrected chi connectivity index (χ3v) is 4.33. The zero-order chi connectivity index (χ0) is 11.0. The second kappa shape index (κ2) is 3.93. The summed E-state index contributed by atoms with van der Waals surface area (Å²) in [5.74, 6) is 1.43. The summed E-state index contributed by atoms with van der Waals surface area (Å²) in [7, 11) is 0. The lowest BCUT2D eigenvalue weighted by atomic mass is 10.0. The fourth-order valence-corrected chi connectivity index (χ4v) is 2.82. The Kier molecular flexibility index (Phi) is 2.78. The Hall–Kier alpha value is -0.900. The minimum atomic E-state index is 0.717. The predicted octanol–water partition coefficient (Wildman–Crippen LogP) is 2.36. The Morgan fingerprint density at radius 1 is 1.40 bits per heavy atom. The summed E-state index contributed by atoms with van der Waals surface area (Å²) in [4.78, 5) is 18.2. The van der Waals surface area contributed by atoms with Gasteiger partial charge in [-0.05, 0) is 18.8 Å². The second-order valence-electron chi connectivity index (χ2n) is 4.42. The molecule has 82 valence electrons. The van der Waals surface area contributed by atoms with Gasteiger partial charge in [0.05, 0.1) is 10.6 Å². The van der Waals surface area contributed by atoms with Gasteiger partial charge in [-0.2, -0.15) is 0 Å². The Morgan fingerprint density at radius 2 is 2.00 bits per heavy atom. The molecule has 3 nitrogen and oxygen atoms in total. The molecular formula is C11H16N2OS. The number of carbonyl (C=O) groups excluding carboxylic acids is 1. The standard InChI is InChI=1S/C11H16N2OS/c1-7-4-13(5-8(7)2)11-12-9(3)10(6-14)15-11/h6-8H,4-5H2,1-3H3. The highest BCUT2D eigenvalue weighted by Gasteiger charge is 2.28. The van der Waals surface area contributed by atoms with Crippen LogP contribution in [0.1, 0.15) is 29.2 Å². The molecule has 1 aromatic heterocycles. The molecule has 2 rings (SSSR count). The molecule has 0 amide bonds. The molecule has 2 heterocycles. The zero-order valence-electron chi connectivity index (χ0n) is 9.36. The Labute approximate surface area is 94.1 Å². The smallest absolute Gasteiger partial charge is 0.186 e. The van der Waals surface area contributed by atoms with Crippen molar-refractivity contribution >= 4 is 22.8 Å². The van der Waals surface area contributed by atoms with Crippen LogP contribution in [-0.4, -0.2) is 24.4 Å². The van der Waals surface area contributed by atoms with Crippen LogP contribution >= 0.6 is 11.3 Å². The van der Waals surface area contributed by atoms with E-state index in [2.05, 4.69) is 23.7 Å². The number of aldehydes is 1. The van der Waals surface area contributed by atoms with Gasteiger partial charge in [0.2, 0.25) is 0 Å². The summed E-state index contributed by atoms with van der Waals surface area (Å²) in [6.45, 7) is 8.56. The van der Waals surface area contributed by atoms with Gasteiger partial charge in [0.25, 0.3) is 0 Å². The van der Waals surface area contributed by atoms with Crippen LogP contribution in [0.3, 0.4) is 0 Å². The van der Waals surface area contributed by atoms with Crippen LogP contribution in [0.4, 0.5) is 5.13 Å². The molecule has 1 aromatic rings. The van der Waals surface area contributed by atoms with Crippen LogP contribution in [0.2, 0.25) is 0 Å². The van der Waals surface area contributed by atoms with Crippen LogP contribution in [0, 0.1) is 18.8 Å². The van der Waals surface area contributed by atoms with Crippen molar-refractivity contribution in [2.45, 2.75) is 20.8 Å². The number of rotatable bonds is 2. The molecule has 0 aromatic carbocycles. The number of nitrogens with zero attached hydrogens (tertiary/aromatic N) is 2. The quantitative estimate of drug-likeness (QED) is 0.723. The van der Waals surface area contributed by atoms with Crippen molar-refractivity contribution in [3.05, 3.63) is 10.6 Å². The van der Waals surface area contributed by atoms with Gasteiger partial charge in [0.15, 0.2) is 11.4 Å². The van der Waals surface area contributed by atoms with Gasteiger partial charge in [-0.3, -0.25) is 4.79 Å². The summed E-state index contributed by atoms with van der Waals surface area (Å²) < 4.78 is 0. The first kappa shape index (κ1) is 10.6. The summed E-state index contributed by atoms with van der Waals surface area (Å²) >= 11 is 1.51. The van der Waals surface area contributed by atoms with E-state index in [0.717, 1.165) is 35.1 Å². The first-order chi connectivity index (χ1) is 7.11. The normalized spacial score (nSPS) is 25.9. The van der Waals surface area contributed by atoms with Gasteiger partial charge >= 0.3 is 0 Å². The fourth-order valence-electron chi connectivity index (χ4n) is 1.92. The number of thiazole rings is 1. The van der Waals surface area contributed by atoms with Crippen LogP contribution in [0.25, 0.3) is 0 Å². The van der Waals surface area contributed by atoms with Crippen molar-refractivity contribution in [1.82, 2.24) is 4.98 Å². The Balaban J connectivity index is 2.20. The second-order valence-corrected chi connectivity index (χ2v) is 5.43. The third kappa shape index (κ3) is 1.91. The van der Waals surface area contributed by atoms with Gasteiger partial charge in [0.1, 0.15) is 0 Å². The first-order valence-electron chi connectivity index (χ1n) is 5.29. The Bertz CT molecular complexity index is 365. The molecule has 0 aliphatic carbocycles. The van der Waals surface area contributed by atoms with E-state index in [0.29, 0.717) is 11.8 Å². The topological polar surface area (TPSA) is 33.2 Å². The summed E-state index contributed by atoms with van der Waals surface area (Å²) in [5, 5.41) is 1.01.